The lowest BCUT2D eigenvalue weighted by Gasteiger charge is -1.98. The molecule has 0 saturated heterocycles. The van der Waals surface area contributed by atoms with Crippen LogP contribution in [0.1, 0.15) is 25.3 Å². The Hall–Kier alpha value is -2.10. The van der Waals surface area contributed by atoms with E-state index in [2.05, 4.69) is 9.99 Å². The molecule has 0 unspecified atom stereocenters. The molecule has 1 aromatic carbocycles. The lowest BCUT2D eigenvalue weighted by Crippen LogP contribution is -2.04. The van der Waals surface area contributed by atoms with Crippen molar-refractivity contribution in [3.8, 4) is 5.75 Å². The Labute approximate surface area is 99.2 Å². The predicted molar refractivity (Wildman–Crippen MR) is 64.5 cm³/mol. The average Bonchev–Trinajstić information content (AvgIpc) is 2.65. The molecule has 0 spiro atoms. The number of rotatable bonds is 3. The van der Waals surface area contributed by atoms with Crippen LogP contribution in [0.2, 0.25) is 0 Å². The standard InChI is InChI=1S/C13H13NO3/c1-2-3-12-11(13(16)17-14-12)8-9-4-6-10(15)7-5-9/h4-8,15H,2-3H2,1H3. The molecule has 1 N–H and O–H groups in total. The molecule has 88 valence electrons. The summed E-state index contributed by atoms with van der Waals surface area (Å²) in [6.07, 6.45) is 3.35. The minimum atomic E-state index is -0.415. The highest BCUT2D eigenvalue weighted by atomic mass is 16.7. The molecule has 4 heteroatoms. The van der Waals surface area contributed by atoms with Crippen molar-refractivity contribution >= 4 is 17.8 Å². The molecule has 0 bridgehead atoms. The van der Waals surface area contributed by atoms with E-state index >= 15 is 0 Å². The second-order valence-corrected chi connectivity index (χ2v) is 3.82. The van der Waals surface area contributed by atoms with Crippen LogP contribution >= 0.6 is 0 Å². The molecule has 1 aromatic rings. The van der Waals surface area contributed by atoms with Gasteiger partial charge in [0.1, 0.15) is 5.75 Å². The summed E-state index contributed by atoms with van der Waals surface area (Å²) in [6, 6.07) is 6.61. The van der Waals surface area contributed by atoms with Gasteiger partial charge in [0, 0.05) is 0 Å². The molecule has 1 heterocycles. The molecule has 1 aliphatic heterocycles. The van der Waals surface area contributed by atoms with Gasteiger partial charge in [0.15, 0.2) is 0 Å². The Morgan fingerprint density at radius 2 is 2.06 bits per heavy atom. The van der Waals surface area contributed by atoms with Crippen LogP contribution in [0.25, 0.3) is 6.08 Å². The van der Waals surface area contributed by atoms with Gasteiger partial charge in [-0.25, -0.2) is 4.79 Å². The van der Waals surface area contributed by atoms with Crippen molar-refractivity contribution in [1.82, 2.24) is 0 Å². The van der Waals surface area contributed by atoms with E-state index in [9.17, 15) is 4.79 Å². The molecule has 0 aliphatic carbocycles. The van der Waals surface area contributed by atoms with Crippen molar-refractivity contribution < 1.29 is 14.7 Å². The number of carbonyl (C=O) groups excluding carboxylic acids is 1. The van der Waals surface area contributed by atoms with Gasteiger partial charge in [0.2, 0.25) is 0 Å². The van der Waals surface area contributed by atoms with Crippen molar-refractivity contribution in [2.45, 2.75) is 19.8 Å². The molecule has 1 aliphatic rings. The highest BCUT2D eigenvalue weighted by Gasteiger charge is 2.24. The Morgan fingerprint density at radius 3 is 2.71 bits per heavy atom. The highest BCUT2D eigenvalue weighted by Crippen LogP contribution is 2.19. The summed E-state index contributed by atoms with van der Waals surface area (Å²) in [5.41, 5.74) is 2.02. The minimum Gasteiger partial charge on any atom is -0.508 e. The van der Waals surface area contributed by atoms with Crippen molar-refractivity contribution in [2.24, 2.45) is 5.16 Å². The van der Waals surface area contributed by atoms with Crippen molar-refractivity contribution in [3.63, 3.8) is 0 Å². The monoisotopic (exact) mass is 231 g/mol. The number of benzene rings is 1. The number of aromatic hydroxyl groups is 1. The van der Waals surface area contributed by atoms with E-state index < -0.39 is 5.97 Å². The fourth-order valence-corrected chi connectivity index (χ4v) is 1.61. The lowest BCUT2D eigenvalue weighted by molar-refractivity contribution is -0.136. The van der Waals surface area contributed by atoms with Gasteiger partial charge < -0.3 is 9.94 Å². The summed E-state index contributed by atoms with van der Waals surface area (Å²) >= 11 is 0. The van der Waals surface area contributed by atoms with Gasteiger partial charge >= 0.3 is 5.97 Å². The maximum absolute atomic E-state index is 11.5. The summed E-state index contributed by atoms with van der Waals surface area (Å²) < 4.78 is 0. The smallest absolute Gasteiger partial charge is 0.367 e. The summed E-state index contributed by atoms with van der Waals surface area (Å²) in [6.45, 7) is 2.02. The Kier molecular flexibility index (Phi) is 3.23. The summed E-state index contributed by atoms with van der Waals surface area (Å²) in [5.74, 6) is -0.217. The number of nitrogens with zero attached hydrogens (tertiary/aromatic N) is 1. The van der Waals surface area contributed by atoms with Gasteiger partial charge in [-0.05, 0) is 30.2 Å². The Bertz CT molecular complexity index is 486. The first-order chi connectivity index (χ1) is 8.20. The fraction of sp³-hybridized carbons (Fsp3) is 0.231. The third-order valence-electron chi connectivity index (χ3n) is 2.46. The van der Waals surface area contributed by atoms with Gasteiger partial charge in [0.25, 0.3) is 0 Å². The quantitative estimate of drug-likeness (QED) is 0.642. The maximum Gasteiger partial charge on any atom is 0.367 e. The molecule has 0 amide bonds. The summed E-state index contributed by atoms with van der Waals surface area (Å²) in [4.78, 5) is 16.1. The molecule has 17 heavy (non-hydrogen) atoms. The van der Waals surface area contributed by atoms with Gasteiger partial charge in [0.05, 0.1) is 11.3 Å². The van der Waals surface area contributed by atoms with Crippen molar-refractivity contribution in [3.05, 3.63) is 35.4 Å². The lowest BCUT2D eigenvalue weighted by atomic mass is 10.0. The maximum atomic E-state index is 11.5. The first-order valence-corrected chi connectivity index (χ1v) is 5.50. The molecular weight excluding hydrogens is 218 g/mol. The van der Waals surface area contributed by atoms with Crippen molar-refractivity contribution in [1.29, 1.82) is 0 Å². The van der Waals surface area contributed by atoms with Crippen LogP contribution in [0.15, 0.2) is 35.0 Å². The molecule has 0 radical (unpaired) electrons. The summed E-state index contributed by atoms with van der Waals surface area (Å²) in [5, 5.41) is 12.9. The molecule has 0 atom stereocenters. The topological polar surface area (TPSA) is 58.9 Å². The fourth-order valence-electron chi connectivity index (χ4n) is 1.61. The molecular formula is C13H13NO3. The van der Waals surface area contributed by atoms with Crippen molar-refractivity contribution in [2.75, 3.05) is 0 Å². The zero-order valence-electron chi connectivity index (χ0n) is 9.51. The number of oxime groups is 1. The second-order valence-electron chi connectivity index (χ2n) is 3.82. The van der Waals surface area contributed by atoms with E-state index in [1.807, 2.05) is 6.92 Å². The second kappa shape index (κ2) is 4.82. The largest absolute Gasteiger partial charge is 0.508 e. The van der Waals surface area contributed by atoms with Gasteiger partial charge in [-0.2, -0.15) is 0 Å². The van der Waals surface area contributed by atoms with Gasteiger partial charge in [-0.3, -0.25) is 0 Å². The third-order valence-corrected chi connectivity index (χ3v) is 2.46. The predicted octanol–water partition coefficient (Wildman–Crippen LogP) is 2.49. The Morgan fingerprint density at radius 1 is 1.35 bits per heavy atom. The first kappa shape index (κ1) is 11.4. The van der Waals surface area contributed by atoms with Crippen LogP contribution in [-0.4, -0.2) is 16.8 Å². The van der Waals surface area contributed by atoms with Crippen LogP contribution < -0.4 is 0 Å². The van der Waals surface area contributed by atoms with Crippen LogP contribution in [0.5, 0.6) is 5.75 Å². The number of carbonyl (C=O) groups is 1. The number of hydrogen-bond donors (Lipinski definition) is 1. The zero-order valence-corrected chi connectivity index (χ0v) is 9.51. The van der Waals surface area contributed by atoms with Gasteiger partial charge in [-0.15, -0.1) is 0 Å². The number of phenols is 1. The van der Waals surface area contributed by atoms with E-state index in [0.717, 1.165) is 18.4 Å². The van der Waals surface area contributed by atoms with E-state index in [1.165, 1.54) is 0 Å². The molecule has 0 fully saturated rings. The Balaban J connectivity index is 2.28. The molecule has 4 nitrogen and oxygen atoms in total. The van der Waals surface area contributed by atoms with E-state index in [4.69, 9.17) is 5.11 Å². The van der Waals surface area contributed by atoms with E-state index in [0.29, 0.717) is 11.3 Å². The average molecular weight is 231 g/mol. The molecule has 0 aromatic heterocycles. The van der Waals surface area contributed by atoms with Crippen LogP contribution in [-0.2, 0) is 9.63 Å². The van der Waals surface area contributed by atoms with Crippen LogP contribution in [0, 0.1) is 0 Å². The van der Waals surface area contributed by atoms with E-state index in [-0.39, 0.29) is 5.75 Å². The zero-order chi connectivity index (χ0) is 12.3. The minimum absolute atomic E-state index is 0.198. The highest BCUT2D eigenvalue weighted by molar-refractivity contribution is 6.25. The normalized spacial score (nSPS) is 17.1. The SMILES string of the molecule is CCCC1=NOC(=O)C1=Cc1ccc(O)cc1. The first-order valence-electron chi connectivity index (χ1n) is 5.50. The van der Waals surface area contributed by atoms with Gasteiger partial charge in [-0.1, -0.05) is 30.6 Å². The molecule has 2 rings (SSSR count). The van der Waals surface area contributed by atoms with E-state index in [1.54, 1.807) is 30.3 Å². The number of hydrogen-bond acceptors (Lipinski definition) is 4. The van der Waals surface area contributed by atoms with Crippen LogP contribution in [0.3, 0.4) is 0 Å². The molecule has 0 saturated carbocycles. The third kappa shape index (κ3) is 2.53. The summed E-state index contributed by atoms with van der Waals surface area (Å²) in [7, 11) is 0. The van der Waals surface area contributed by atoms with Crippen LogP contribution in [0.4, 0.5) is 0 Å². The number of phenolic OH excluding ortho intramolecular Hbond substituents is 1.